The second-order valence-corrected chi connectivity index (χ2v) is 6.21. The number of fused-ring (bicyclic) bond motifs is 1. The molecule has 0 amide bonds. The zero-order valence-corrected chi connectivity index (χ0v) is 12.7. The Kier molecular flexibility index (Phi) is 3.61. The molecule has 1 atom stereocenters. The first-order valence-electron chi connectivity index (χ1n) is 7.23. The molecule has 0 aliphatic carbocycles. The van der Waals surface area contributed by atoms with Crippen LogP contribution in [0.15, 0.2) is 23.0 Å². The van der Waals surface area contributed by atoms with E-state index in [1.807, 2.05) is 22.8 Å². The molecule has 4 nitrogen and oxygen atoms in total. The smallest absolute Gasteiger partial charge is 0.305 e. The van der Waals surface area contributed by atoms with E-state index in [4.69, 9.17) is 11.6 Å². The van der Waals surface area contributed by atoms with Crippen LogP contribution in [0.1, 0.15) is 39.3 Å². The highest BCUT2D eigenvalue weighted by Gasteiger charge is 2.28. The summed E-state index contributed by atoms with van der Waals surface area (Å²) >= 11 is 6.09. The molecule has 108 valence electrons. The van der Waals surface area contributed by atoms with Crippen molar-refractivity contribution in [1.29, 1.82) is 0 Å². The maximum Gasteiger partial charge on any atom is 0.327 e. The molecule has 1 aliphatic heterocycles. The summed E-state index contributed by atoms with van der Waals surface area (Å²) in [6, 6.07) is 5.99. The Labute approximate surface area is 123 Å². The highest BCUT2D eigenvalue weighted by atomic mass is 35.5. The Morgan fingerprint density at radius 2 is 2.15 bits per heavy atom. The van der Waals surface area contributed by atoms with Crippen molar-refractivity contribution in [2.75, 3.05) is 6.54 Å². The lowest BCUT2D eigenvalue weighted by molar-refractivity contribution is 0.0649. The Bertz CT molecular complexity index is 673. The Morgan fingerprint density at radius 3 is 2.90 bits per heavy atom. The van der Waals surface area contributed by atoms with Crippen molar-refractivity contribution in [3.05, 3.63) is 33.7 Å². The van der Waals surface area contributed by atoms with Gasteiger partial charge in [0.05, 0.1) is 17.2 Å². The van der Waals surface area contributed by atoms with E-state index in [9.17, 15) is 4.79 Å². The summed E-state index contributed by atoms with van der Waals surface area (Å²) in [5.41, 5.74) is 1.72. The van der Waals surface area contributed by atoms with Crippen molar-refractivity contribution < 1.29 is 0 Å². The number of hydrogen-bond donors (Lipinski definition) is 1. The Balaban J connectivity index is 2.14. The maximum atomic E-state index is 12.4. The highest BCUT2D eigenvalue weighted by molar-refractivity contribution is 6.31. The van der Waals surface area contributed by atoms with Gasteiger partial charge in [-0.3, -0.25) is 9.47 Å². The number of piperidine rings is 1. The number of likely N-dealkylation sites (tertiary alicyclic amines) is 1. The largest absolute Gasteiger partial charge is 0.327 e. The molecule has 1 aromatic carbocycles. The predicted octanol–water partition coefficient (Wildman–Crippen LogP) is 3.38. The molecule has 0 spiro atoms. The fourth-order valence-electron chi connectivity index (χ4n) is 3.21. The quantitative estimate of drug-likeness (QED) is 0.922. The number of imidazole rings is 1. The molecule has 1 unspecified atom stereocenters. The molecule has 1 saturated heterocycles. The van der Waals surface area contributed by atoms with Gasteiger partial charge in [0.1, 0.15) is 0 Å². The van der Waals surface area contributed by atoms with E-state index >= 15 is 0 Å². The second kappa shape index (κ2) is 5.26. The van der Waals surface area contributed by atoms with Gasteiger partial charge < -0.3 is 4.98 Å². The van der Waals surface area contributed by atoms with E-state index in [0.717, 1.165) is 30.4 Å². The van der Waals surface area contributed by atoms with E-state index in [2.05, 4.69) is 23.7 Å². The topological polar surface area (TPSA) is 41.0 Å². The molecule has 2 aromatic rings. The third-order valence-electron chi connectivity index (χ3n) is 4.15. The maximum absolute atomic E-state index is 12.4. The van der Waals surface area contributed by atoms with Gasteiger partial charge in [-0.05, 0) is 51.3 Å². The Hall–Kier alpha value is -1.26. The lowest BCUT2D eigenvalue weighted by atomic mass is 10.1. The van der Waals surface area contributed by atoms with Gasteiger partial charge in [-0.2, -0.15) is 0 Å². The van der Waals surface area contributed by atoms with Gasteiger partial charge >= 0.3 is 5.69 Å². The molecule has 0 bridgehead atoms. The molecule has 1 N–H and O–H groups in total. The van der Waals surface area contributed by atoms with Crippen molar-refractivity contribution in [3.63, 3.8) is 0 Å². The average Bonchev–Trinajstić information content (AvgIpc) is 2.74. The van der Waals surface area contributed by atoms with Crippen LogP contribution >= 0.6 is 11.6 Å². The zero-order chi connectivity index (χ0) is 14.3. The van der Waals surface area contributed by atoms with Gasteiger partial charge in [0.2, 0.25) is 0 Å². The van der Waals surface area contributed by atoms with Crippen molar-refractivity contribution in [3.8, 4) is 0 Å². The molecule has 5 heteroatoms. The molecular weight excluding hydrogens is 274 g/mol. The van der Waals surface area contributed by atoms with Crippen LogP contribution in [-0.2, 0) is 0 Å². The second-order valence-electron chi connectivity index (χ2n) is 5.77. The summed E-state index contributed by atoms with van der Waals surface area (Å²) in [4.78, 5) is 17.7. The van der Waals surface area contributed by atoms with Crippen LogP contribution in [0.3, 0.4) is 0 Å². The highest BCUT2D eigenvalue weighted by Crippen LogP contribution is 2.30. The van der Waals surface area contributed by atoms with E-state index in [1.54, 1.807) is 0 Å². The van der Waals surface area contributed by atoms with Crippen molar-refractivity contribution in [1.82, 2.24) is 14.5 Å². The van der Waals surface area contributed by atoms with E-state index in [-0.39, 0.29) is 11.9 Å². The van der Waals surface area contributed by atoms with Crippen LogP contribution in [0.2, 0.25) is 5.02 Å². The minimum absolute atomic E-state index is 0.0418. The Morgan fingerprint density at radius 1 is 1.35 bits per heavy atom. The van der Waals surface area contributed by atoms with E-state index in [0.29, 0.717) is 11.1 Å². The van der Waals surface area contributed by atoms with Gasteiger partial charge in [0.15, 0.2) is 0 Å². The third kappa shape index (κ3) is 2.27. The molecule has 0 radical (unpaired) electrons. The first kappa shape index (κ1) is 13.7. The SMILES string of the molecule is CC(C)N1CCCCC1n1c(=O)[nH]c2ccc(Cl)cc21. The van der Waals surface area contributed by atoms with Crippen LogP contribution in [0.4, 0.5) is 0 Å². The summed E-state index contributed by atoms with van der Waals surface area (Å²) in [6.45, 7) is 5.42. The first-order valence-corrected chi connectivity index (χ1v) is 7.61. The number of nitrogens with zero attached hydrogens (tertiary/aromatic N) is 2. The van der Waals surface area contributed by atoms with E-state index in [1.165, 1.54) is 6.42 Å². The number of rotatable bonds is 2. The minimum atomic E-state index is -0.0418. The fraction of sp³-hybridized carbons (Fsp3) is 0.533. The number of H-pyrrole nitrogens is 1. The molecule has 1 fully saturated rings. The zero-order valence-electron chi connectivity index (χ0n) is 11.9. The number of aromatic amines is 1. The van der Waals surface area contributed by atoms with Crippen molar-refractivity contribution in [2.24, 2.45) is 0 Å². The number of aromatic nitrogens is 2. The molecule has 3 rings (SSSR count). The van der Waals surface area contributed by atoms with Crippen LogP contribution < -0.4 is 5.69 Å². The third-order valence-corrected chi connectivity index (χ3v) is 4.39. The summed E-state index contributed by atoms with van der Waals surface area (Å²) in [5.74, 6) is 0. The van der Waals surface area contributed by atoms with Crippen molar-refractivity contribution >= 4 is 22.6 Å². The average molecular weight is 294 g/mol. The molecule has 2 heterocycles. The standard InChI is InChI=1S/C15H20ClN3O/c1-10(2)18-8-4-3-5-14(18)19-13-9-11(16)6-7-12(13)17-15(19)20/h6-7,9-10,14H,3-5,8H2,1-2H3,(H,17,20). The lowest BCUT2D eigenvalue weighted by Crippen LogP contribution is -2.43. The van der Waals surface area contributed by atoms with Crippen LogP contribution in [0.5, 0.6) is 0 Å². The van der Waals surface area contributed by atoms with E-state index < -0.39 is 0 Å². The number of nitrogens with one attached hydrogen (secondary N) is 1. The molecule has 20 heavy (non-hydrogen) atoms. The first-order chi connectivity index (χ1) is 9.58. The lowest BCUT2D eigenvalue weighted by Gasteiger charge is -2.39. The van der Waals surface area contributed by atoms with Crippen LogP contribution in [-0.4, -0.2) is 27.0 Å². The monoisotopic (exact) mass is 293 g/mol. The van der Waals surface area contributed by atoms with Crippen LogP contribution in [0, 0.1) is 0 Å². The summed E-state index contributed by atoms with van der Waals surface area (Å²) in [5, 5.41) is 0.664. The normalized spacial score (nSPS) is 20.9. The summed E-state index contributed by atoms with van der Waals surface area (Å²) < 4.78 is 1.88. The fourth-order valence-corrected chi connectivity index (χ4v) is 3.37. The number of halogens is 1. The number of benzene rings is 1. The molecule has 1 aliphatic rings. The molecular formula is C15H20ClN3O. The summed E-state index contributed by atoms with van der Waals surface area (Å²) in [6.07, 6.45) is 3.50. The van der Waals surface area contributed by atoms with Gasteiger partial charge in [-0.15, -0.1) is 0 Å². The molecule has 1 aromatic heterocycles. The predicted molar refractivity (Wildman–Crippen MR) is 82.3 cm³/mol. The van der Waals surface area contributed by atoms with Crippen molar-refractivity contribution in [2.45, 2.75) is 45.3 Å². The van der Waals surface area contributed by atoms with Gasteiger partial charge in [-0.25, -0.2) is 4.79 Å². The molecule has 0 saturated carbocycles. The number of hydrogen-bond acceptors (Lipinski definition) is 2. The summed E-state index contributed by atoms with van der Waals surface area (Å²) in [7, 11) is 0. The minimum Gasteiger partial charge on any atom is -0.305 e. The van der Waals surface area contributed by atoms with Gasteiger partial charge in [0, 0.05) is 17.6 Å². The van der Waals surface area contributed by atoms with Gasteiger partial charge in [0.25, 0.3) is 0 Å². The van der Waals surface area contributed by atoms with Gasteiger partial charge in [-0.1, -0.05) is 11.6 Å². The van der Waals surface area contributed by atoms with Crippen LogP contribution in [0.25, 0.3) is 11.0 Å².